The van der Waals surface area contributed by atoms with E-state index in [1.54, 1.807) is 6.20 Å². The van der Waals surface area contributed by atoms with Crippen molar-refractivity contribution < 1.29 is 4.79 Å². The van der Waals surface area contributed by atoms with Gasteiger partial charge in [-0.05, 0) is 65.4 Å². The zero-order chi connectivity index (χ0) is 16.2. The molecule has 0 saturated heterocycles. The molecule has 0 spiro atoms. The second-order valence-electron chi connectivity index (χ2n) is 5.07. The first-order valence-corrected chi connectivity index (χ1v) is 8.46. The smallest absolute Gasteiger partial charge is 0.259 e. The number of hydrogen-bond donors (Lipinski definition) is 1. The van der Waals surface area contributed by atoms with Gasteiger partial charge >= 0.3 is 0 Å². The fourth-order valence-electron chi connectivity index (χ4n) is 2.43. The molecule has 0 aliphatic heterocycles. The molecule has 0 bridgehead atoms. The molecule has 0 unspecified atom stereocenters. The van der Waals surface area contributed by atoms with Crippen LogP contribution >= 0.6 is 22.6 Å². The van der Waals surface area contributed by atoms with Crippen LogP contribution in [0.5, 0.6) is 0 Å². The standard InChI is InChI=1S/C18H16IN3O/c1-2-17-16(12-20-22(17)15-6-4-3-5-7-15)18(23)21-14-10-8-13(19)9-11-14/h3-12H,2H2,1H3,(H,21,23). The van der Waals surface area contributed by atoms with E-state index in [9.17, 15) is 4.79 Å². The Morgan fingerprint density at radius 2 is 1.83 bits per heavy atom. The number of rotatable bonds is 4. The molecule has 0 saturated carbocycles. The van der Waals surface area contributed by atoms with Crippen LogP contribution < -0.4 is 5.32 Å². The third-order valence-electron chi connectivity index (χ3n) is 3.55. The number of amides is 1. The molecule has 116 valence electrons. The number of aromatic nitrogens is 2. The highest BCUT2D eigenvalue weighted by Crippen LogP contribution is 2.18. The lowest BCUT2D eigenvalue weighted by molar-refractivity contribution is 0.102. The highest BCUT2D eigenvalue weighted by Gasteiger charge is 2.17. The van der Waals surface area contributed by atoms with Gasteiger partial charge in [-0.2, -0.15) is 5.10 Å². The predicted octanol–water partition coefficient (Wildman–Crippen LogP) is 4.29. The molecule has 1 aromatic heterocycles. The second kappa shape index (κ2) is 6.95. The fraction of sp³-hybridized carbons (Fsp3) is 0.111. The molecule has 3 rings (SSSR count). The third kappa shape index (κ3) is 3.44. The minimum absolute atomic E-state index is 0.134. The van der Waals surface area contributed by atoms with Crippen LogP contribution in [-0.2, 0) is 6.42 Å². The largest absolute Gasteiger partial charge is 0.322 e. The first-order valence-electron chi connectivity index (χ1n) is 7.38. The maximum Gasteiger partial charge on any atom is 0.259 e. The highest BCUT2D eigenvalue weighted by molar-refractivity contribution is 14.1. The van der Waals surface area contributed by atoms with E-state index in [0.29, 0.717) is 5.56 Å². The number of para-hydroxylation sites is 1. The number of anilines is 1. The van der Waals surface area contributed by atoms with E-state index in [-0.39, 0.29) is 5.91 Å². The molecule has 4 nitrogen and oxygen atoms in total. The van der Waals surface area contributed by atoms with Crippen molar-refractivity contribution in [1.29, 1.82) is 0 Å². The van der Waals surface area contributed by atoms with Crippen molar-refractivity contribution in [1.82, 2.24) is 9.78 Å². The Hall–Kier alpha value is -2.15. The number of carbonyl (C=O) groups excluding carboxylic acids is 1. The van der Waals surface area contributed by atoms with Crippen LogP contribution in [0.25, 0.3) is 5.69 Å². The van der Waals surface area contributed by atoms with Gasteiger partial charge in [0.05, 0.1) is 23.1 Å². The van der Waals surface area contributed by atoms with Gasteiger partial charge in [0.25, 0.3) is 5.91 Å². The maximum atomic E-state index is 12.6. The average molecular weight is 417 g/mol. The highest BCUT2D eigenvalue weighted by atomic mass is 127. The topological polar surface area (TPSA) is 46.9 Å². The number of carbonyl (C=O) groups is 1. The Bertz CT molecular complexity index is 810. The predicted molar refractivity (Wildman–Crippen MR) is 100 cm³/mol. The van der Waals surface area contributed by atoms with Crippen molar-refractivity contribution in [3.05, 3.63) is 75.6 Å². The maximum absolute atomic E-state index is 12.6. The van der Waals surface area contributed by atoms with Crippen LogP contribution in [0.15, 0.2) is 60.8 Å². The van der Waals surface area contributed by atoms with Crippen LogP contribution in [-0.4, -0.2) is 15.7 Å². The van der Waals surface area contributed by atoms with Crippen molar-refractivity contribution >= 4 is 34.2 Å². The molecular weight excluding hydrogens is 401 g/mol. The molecule has 1 N–H and O–H groups in total. The van der Waals surface area contributed by atoms with E-state index < -0.39 is 0 Å². The number of hydrogen-bond acceptors (Lipinski definition) is 2. The van der Waals surface area contributed by atoms with Gasteiger partial charge in [-0.15, -0.1) is 0 Å². The Kier molecular flexibility index (Phi) is 4.76. The quantitative estimate of drug-likeness (QED) is 0.644. The molecule has 0 aliphatic rings. The minimum atomic E-state index is -0.134. The van der Waals surface area contributed by atoms with E-state index in [2.05, 4.69) is 33.0 Å². The Balaban J connectivity index is 1.89. The summed E-state index contributed by atoms with van der Waals surface area (Å²) in [7, 11) is 0. The zero-order valence-corrected chi connectivity index (χ0v) is 14.8. The molecule has 2 aromatic carbocycles. The summed E-state index contributed by atoms with van der Waals surface area (Å²) >= 11 is 2.24. The molecule has 3 aromatic rings. The van der Waals surface area contributed by atoms with Crippen LogP contribution in [0.4, 0.5) is 5.69 Å². The second-order valence-corrected chi connectivity index (χ2v) is 6.31. The minimum Gasteiger partial charge on any atom is -0.322 e. The van der Waals surface area contributed by atoms with Crippen LogP contribution in [0.2, 0.25) is 0 Å². The molecule has 0 radical (unpaired) electrons. The van der Waals surface area contributed by atoms with Gasteiger partial charge in [-0.25, -0.2) is 4.68 Å². The number of nitrogens with zero attached hydrogens (tertiary/aromatic N) is 2. The third-order valence-corrected chi connectivity index (χ3v) is 4.27. The van der Waals surface area contributed by atoms with Crippen LogP contribution in [0.1, 0.15) is 23.0 Å². The van der Waals surface area contributed by atoms with Gasteiger partial charge in [-0.1, -0.05) is 25.1 Å². The normalized spacial score (nSPS) is 10.5. The molecular formula is C18H16IN3O. The SMILES string of the molecule is CCc1c(C(=O)Nc2ccc(I)cc2)cnn1-c1ccccc1. The zero-order valence-electron chi connectivity index (χ0n) is 12.7. The van der Waals surface area contributed by atoms with Gasteiger partial charge in [0.1, 0.15) is 0 Å². The summed E-state index contributed by atoms with van der Waals surface area (Å²) in [4.78, 5) is 12.6. The molecule has 1 amide bonds. The molecule has 0 aliphatic carbocycles. The van der Waals surface area contributed by atoms with Crippen LogP contribution in [0, 0.1) is 3.57 Å². The van der Waals surface area contributed by atoms with Crippen LogP contribution in [0.3, 0.4) is 0 Å². The summed E-state index contributed by atoms with van der Waals surface area (Å²) in [5.41, 5.74) is 3.25. The number of benzene rings is 2. The lowest BCUT2D eigenvalue weighted by Gasteiger charge is -2.08. The number of halogens is 1. The molecule has 5 heteroatoms. The van der Waals surface area contributed by atoms with E-state index in [0.717, 1.165) is 27.1 Å². The molecule has 0 atom stereocenters. The van der Waals surface area contributed by atoms with Gasteiger partial charge < -0.3 is 5.32 Å². The first kappa shape index (κ1) is 15.7. The summed E-state index contributed by atoms with van der Waals surface area (Å²) in [6.07, 6.45) is 2.36. The number of nitrogens with one attached hydrogen (secondary N) is 1. The van der Waals surface area contributed by atoms with E-state index in [4.69, 9.17) is 0 Å². The monoisotopic (exact) mass is 417 g/mol. The summed E-state index contributed by atoms with van der Waals surface area (Å²) < 4.78 is 2.95. The Morgan fingerprint density at radius 3 is 2.48 bits per heavy atom. The van der Waals surface area contributed by atoms with Crippen molar-refractivity contribution in [2.24, 2.45) is 0 Å². The van der Waals surface area contributed by atoms with Gasteiger partial charge in [0.15, 0.2) is 0 Å². The van der Waals surface area contributed by atoms with E-state index in [1.807, 2.05) is 66.2 Å². The molecule has 23 heavy (non-hydrogen) atoms. The van der Waals surface area contributed by atoms with Crippen molar-refractivity contribution in [3.63, 3.8) is 0 Å². The average Bonchev–Trinajstić information content (AvgIpc) is 3.02. The lowest BCUT2D eigenvalue weighted by atomic mass is 10.2. The summed E-state index contributed by atoms with van der Waals surface area (Å²) in [5.74, 6) is -0.134. The molecule has 1 heterocycles. The Labute approximate surface area is 148 Å². The van der Waals surface area contributed by atoms with Crippen molar-refractivity contribution in [2.45, 2.75) is 13.3 Å². The Morgan fingerprint density at radius 1 is 1.13 bits per heavy atom. The van der Waals surface area contributed by atoms with Crippen molar-refractivity contribution in [3.8, 4) is 5.69 Å². The van der Waals surface area contributed by atoms with E-state index >= 15 is 0 Å². The summed E-state index contributed by atoms with van der Waals surface area (Å²) in [5, 5.41) is 7.32. The lowest BCUT2D eigenvalue weighted by Crippen LogP contribution is -2.14. The van der Waals surface area contributed by atoms with Gasteiger partial charge in [-0.3, -0.25) is 4.79 Å². The fourth-order valence-corrected chi connectivity index (χ4v) is 2.79. The van der Waals surface area contributed by atoms with Gasteiger partial charge in [0.2, 0.25) is 0 Å². The van der Waals surface area contributed by atoms with Gasteiger partial charge in [0, 0.05) is 9.26 Å². The van der Waals surface area contributed by atoms with E-state index in [1.165, 1.54) is 0 Å². The summed E-state index contributed by atoms with van der Waals surface area (Å²) in [6, 6.07) is 17.6. The molecule has 0 fully saturated rings. The summed E-state index contributed by atoms with van der Waals surface area (Å²) in [6.45, 7) is 2.03. The van der Waals surface area contributed by atoms with Crippen molar-refractivity contribution in [2.75, 3.05) is 5.32 Å². The first-order chi connectivity index (χ1) is 11.2.